The molecule has 4 unspecified atom stereocenters. The Kier molecular flexibility index (Phi) is 13.0. The van der Waals surface area contributed by atoms with Crippen molar-refractivity contribution in [2.75, 3.05) is 12.0 Å². The zero-order valence-electron chi connectivity index (χ0n) is 21.7. The summed E-state index contributed by atoms with van der Waals surface area (Å²) >= 11 is 1.45. The number of thioether (sulfide) groups is 1. The number of rotatable bonds is 16. The van der Waals surface area contributed by atoms with Crippen LogP contribution in [0.5, 0.6) is 0 Å². The van der Waals surface area contributed by atoms with E-state index >= 15 is 0 Å². The van der Waals surface area contributed by atoms with Gasteiger partial charge in [-0.1, -0.05) is 60.7 Å². The Morgan fingerprint density at radius 3 is 1.62 bits per heavy atom. The van der Waals surface area contributed by atoms with Gasteiger partial charge in [0.1, 0.15) is 18.1 Å². The number of carboxylic acids is 1. The van der Waals surface area contributed by atoms with Crippen molar-refractivity contribution >= 4 is 41.4 Å². The SMILES string of the molecule is CSCCC(NC(=O)C(Cc1ccccc1)NC(=O)C(Cc1ccccc1)NC(=O)C(N)CC(N)=O)C(=O)O. The molecule has 0 radical (unpaired) electrons. The first-order valence-electron chi connectivity index (χ1n) is 12.3. The smallest absolute Gasteiger partial charge is 0.326 e. The van der Waals surface area contributed by atoms with Gasteiger partial charge in [0.25, 0.3) is 0 Å². The van der Waals surface area contributed by atoms with Crippen LogP contribution >= 0.6 is 11.8 Å². The molecule has 0 aliphatic rings. The van der Waals surface area contributed by atoms with Crippen LogP contribution in [0.25, 0.3) is 0 Å². The largest absolute Gasteiger partial charge is 0.480 e. The van der Waals surface area contributed by atoms with E-state index in [0.717, 1.165) is 11.1 Å². The summed E-state index contributed by atoms with van der Waals surface area (Å²) < 4.78 is 0. The normalized spacial score (nSPS) is 13.8. The van der Waals surface area contributed by atoms with Gasteiger partial charge >= 0.3 is 5.97 Å². The third-order valence-corrected chi connectivity index (χ3v) is 6.46. The topological polar surface area (TPSA) is 194 Å². The Labute approximate surface area is 231 Å². The number of carbonyl (C=O) groups excluding carboxylic acids is 4. The molecule has 0 saturated heterocycles. The second kappa shape index (κ2) is 16.1. The molecule has 0 fully saturated rings. The lowest BCUT2D eigenvalue weighted by Crippen LogP contribution is -2.58. The molecule has 4 atom stereocenters. The Morgan fingerprint density at radius 2 is 1.21 bits per heavy atom. The van der Waals surface area contributed by atoms with Gasteiger partial charge < -0.3 is 32.5 Å². The van der Waals surface area contributed by atoms with Crippen molar-refractivity contribution in [3.63, 3.8) is 0 Å². The van der Waals surface area contributed by atoms with Crippen molar-refractivity contribution in [2.24, 2.45) is 11.5 Å². The lowest BCUT2D eigenvalue weighted by atomic mass is 10.0. The molecule has 210 valence electrons. The molecular weight excluding hydrogens is 522 g/mol. The highest BCUT2D eigenvalue weighted by molar-refractivity contribution is 7.98. The highest BCUT2D eigenvalue weighted by atomic mass is 32.2. The molecule has 0 bridgehead atoms. The second-order valence-corrected chi connectivity index (χ2v) is 9.95. The number of benzene rings is 2. The molecule has 2 aromatic rings. The molecule has 11 nitrogen and oxygen atoms in total. The average molecular weight is 558 g/mol. The van der Waals surface area contributed by atoms with Crippen molar-refractivity contribution < 1.29 is 29.1 Å². The zero-order chi connectivity index (χ0) is 28.8. The summed E-state index contributed by atoms with van der Waals surface area (Å²) in [5.74, 6) is -3.53. The number of nitrogens with one attached hydrogen (secondary N) is 3. The third-order valence-electron chi connectivity index (χ3n) is 5.81. The van der Waals surface area contributed by atoms with E-state index in [4.69, 9.17) is 11.5 Å². The van der Waals surface area contributed by atoms with Crippen LogP contribution in [0.15, 0.2) is 60.7 Å². The summed E-state index contributed by atoms with van der Waals surface area (Å²) in [6.45, 7) is 0. The Bertz CT molecular complexity index is 1120. The van der Waals surface area contributed by atoms with Gasteiger partial charge in [-0.3, -0.25) is 19.2 Å². The summed E-state index contributed by atoms with van der Waals surface area (Å²) in [5, 5.41) is 17.3. The van der Waals surface area contributed by atoms with E-state index in [-0.39, 0.29) is 19.3 Å². The fourth-order valence-electron chi connectivity index (χ4n) is 3.74. The van der Waals surface area contributed by atoms with Crippen molar-refractivity contribution in [3.8, 4) is 0 Å². The van der Waals surface area contributed by atoms with E-state index in [1.54, 1.807) is 60.7 Å². The van der Waals surface area contributed by atoms with Crippen molar-refractivity contribution in [1.82, 2.24) is 16.0 Å². The van der Waals surface area contributed by atoms with E-state index in [1.807, 2.05) is 6.26 Å². The molecule has 0 saturated carbocycles. The van der Waals surface area contributed by atoms with Crippen molar-refractivity contribution in [1.29, 1.82) is 0 Å². The van der Waals surface area contributed by atoms with Gasteiger partial charge in [-0.15, -0.1) is 0 Å². The predicted octanol–water partition coefficient (Wildman–Crippen LogP) is -0.0334. The fourth-order valence-corrected chi connectivity index (χ4v) is 4.22. The molecule has 39 heavy (non-hydrogen) atoms. The van der Waals surface area contributed by atoms with Gasteiger partial charge in [0, 0.05) is 12.8 Å². The van der Waals surface area contributed by atoms with Crippen LogP contribution < -0.4 is 27.4 Å². The number of hydrogen-bond donors (Lipinski definition) is 6. The van der Waals surface area contributed by atoms with Gasteiger partial charge in [0.2, 0.25) is 23.6 Å². The summed E-state index contributed by atoms with van der Waals surface area (Å²) in [7, 11) is 0. The van der Waals surface area contributed by atoms with Crippen LogP contribution in [0.4, 0.5) is 0 Å². The van der Waals surface area contributed by atoms with Crippen molar-refractivity contribution in [2.45, 2.75) is 49.9 Å². The second-order valence-electron chi connectivity index (χ2n) is 8.96. The molecular formula is C27H35N5O6S. The molecule has 2 aromatic carbocycles. The van der Waals surface area contributed by atoms with Gasteiger partial charge in [-0.05, 0) is 29.6 Å². The average Bonchev–Trinajstić information content (AvgIpc) is 2.90. The maximum Gasteiger partial charge on any atom is 0.326 e. The first kappa shape index (κ1) is 31.3. The number of aliphatic carboxylic acids is 1. The zero-order valence-corrected chi connectivity index (χ0v) is 22.5. The van der Waals surface area contributed by atoms with Crippen LogP contribution in [-0.4, -0.2) is 70.9 Å². The monoisotopic (exact) mass is 557 g/mol. The van der Waals surface area contributed by atoms with Gasteiger partial charge in [0.05, 0.1) is 12.5 Å². The molecule has 0 spiro atoms. The minimum atomic E-state index is -1.26. The highest BCUT2D eigenvalue weighted by Crippen LogP contribution is 2.09. The van der Waals surface area contributed by atoms with Gasteiger partial charge in [0.15, 0.2) is 0 Å². The predicted molar refractivity (Wildman–Crippen MR) is 149 cm³/mol. The van der Waals surface area contributed by atoms with Crippen LogP contribution in [-0.2, 0) is 36.8 Å². The Morgan fingerprint density at radius 1 is 0.769 bits per heavy atom. The Hall–Kier alpha value is -3.90. The van der Waals surface area contributed by atoms with Gasteiger partial charge in [-0.2, -0.15) is 11.8 Å². The Balaban J connectivity index is 2.29. The number of hydrogen-bond acceptors (Lipinski definition) is 7. The van der Waals surface area contributed by atoms with Crippen LogP contribution in [0.1, 0.15) is 24.0 Å². The molecule has 0 aliphatic heterocycles. The maximum atomic E-state index is 13.5. The summed E-state index contributed by atoms with van der Waals surface area (Å²) in [6, 6.07) is 13.2. The minimum absolute atomic E-state index is 0.0762. The lowest BCUT2D eigenvalue weighted by Gasteiger charge is -2.25. The van der Waals surface area contributed by atoms with E-state index in [0.29, 0.717) is 5.75 Å². The fraction of sp³-hybridized carbons (Fsp3) is 0.370. The quantitative estimate of drug-likeness (QED) is 0.165. The number of nitrogens with two attached hydrogens (primary N) is 2. The maximum absolute atomic E-state index is 13.5. The number of primary amides is 1. The van der Waals surface area contributed by atoms with Crippen LogP contribution in [0, 0.1) is 0 Å². The third kappa shape index (κ3) is 11.2. The molecule has 12 heteroatoms. The summed E-state index contributed by atoms with van der Waals surface area (Å²) in [4.78, 5) is 62.3. The number of carboxylic acid groups (broad SMARTS) is 1. The summed E-state index contributed by atoms with van der Waals surface area (Å²) in [5.41, 5.74) is 12.4. The van der Waals surface area contributed by atoms with E-state index in [9.17, 15) is 29.1 Å². The van der Waals surface area contributed by atoms with E-state index < -0.39 is 60.2 Å². The molecule has 4 amide bonds. The van der Waals surface area contributed by atoms with Gasteiger partial charge in [-0.25, -0.2) is 4.79 Å². The molecule has 0 heterocycles. The molecule has 2 rings (SSSR count). The lowest BCUT2D eigenvalue weighted by molar-refractivity contribution is -0.142. The summed E-state index contributed by atoms with van der Waals surface area (Å²) in [6.07, 6.45) is 1.79. The van der Waals surface area contributed by atoms with Crippen LogP contribution in [0.3, 0.4) is 0 Å². The first-order chi connectivity index (χ1) is 18.6. The molecule has 8 N–H and O–H groups in total. The standard InChI is InChI=1S/C27H35N5O6S/c1-39-13-12-20(27(37)38)30-25(35)22(15-18-10-6-3-7-11-18)32-26(36)21(14-17-8-4-2-5-9-17)31-24(34)19(28)16-23(29)33/h2-11,19-22H,12-16,28H2,1H3,(H2,29,33)(H,30,35)(H,31,34)(H,32,36)(H,37,38). The van der Waals surface area contributed by atoms with Crippen molar-refractivity contribution in [3.05, 3.63) is 71.8 Å². The van der Waals surface area contributed by atoms with E-state index in [2.05, 4.69) is 16.0 Å². The first-order valence-corrected chi connectivity index (χ1v) is 13.7. The molecule has 0 aromatic heterocycles. The number of amides is 4. The van der Waals surface area contributed by atoms with E-state index in [1.165, 1.54) is 11.8 Å². The minimum Gasteiger partial charge on any atom is -0.480 e. The molecule has 0 aliphatic carbocycles. The number of carbonyl (C=O) groups is 5. The highest BCUT2D eigenvalue weighted by Gasteiger charge is 2.31. The van der Waals surface area contributed by atoms with Crippen LogP contribution in [0.2, 0.25) is 0 Å².